The standard InChI is InChI=1S/C15H19NO5/c1-5-16(2)15(18)21-12-8-6-11(10-13(12)19-3)7-9-14(17)20-4/h6-10H,5H2,1-4H3/b9-7+. The van der Waals surface area contributed by atoms with Crippen molar-refractivity contribution < 1.29 is 23.8 Å². The van der Waals surface area contributed by atoms with Crippen molar-refractivity contribution in [2.24, 2.45) is 0 Å². The highest BCUT2D eigenvalue weighted by molar-refractivity contribution is 5.87. The molecule has 6 nitrogen and oxygen atoms in total. The van der Waals surface area contributed by atoms with Crippen LogP contribution in [-0.4, -0.2) is 44.8 Å². The molecule has 0 unspecified atom stereocenters. The van der Waals surface area contributed by atoms with Gasteiger partial charge < -0.3 is 19.1 Å². The van der Waals surface area contributed by atoms with E-state index in [4.69, 9.17) is 9.47 Å². The molecular weight excluding hydrogens is 274 g/mol. The van der Waals surface area contributed by atoms with Crippen molar-refractivity contribution in [1.82, 2.24) is 4.90 Å². The van der Waals surface area contributed by atoms with Gasteiger partial charge in [-0.3, -0.25) is 0 Å². The first kappa shape index (κ1) is 16.6. The average molecular weight is 293 g/mol. The summed E-state index contributed by atoms with van der Waals surface area (Å²) in [6, 6.07) is 4.97. The van der Waals surface area contributed by atoms with Crippen LogP contribution in [0.2, 0.25) is 0 Å². The Hall–Kier alpha value is -2.50. The molecule has 0 fully saturated rings. The highest BCUT2D eigenvalue weighted by atomic mass is 16.6. The van der Waals surface area contributed by atoms with Gasteiger partial charge >= 0.3 is 12.1 Å². The van der Waals surface area contributed by atoms with E-state index in [2.05, 4.69) is 4.74 Å². The number of esters is 1. The molecule has 0 aliphatic rings. The maximum Gasteiger partial charge on any atom is 0.415 e. The third-order valence-electron chi connectivity index (χ3n) is 2.78. The Kier molecular flexibility index (Phi) is 6.26. The topological polar surface area (TPSA) is 65.1 Å². The lowest BCUT2D eigenvalue weighted by Gasteiger charge is -2.15. The highest BCUT2D eigenvalue weighted by Gasteiger charge is 2.13. The molecule has 0 saturated carbocycles. The van der Waals surface area contributed by atoms with Crippen LogP contribution < -0.4 is 9.47 Å². The van der Waals surface area contributed by atoms with Gasteiger partial charge in [-0.05, 0) is 30.7 Å². The molecule has 0 bridgehead atoms. The number of rotatable bonds is 5. The van der Waals surface area contributed by atoms with E-state index < -0.39 is 12.1 Å². The Labute approximate surface area is 123 Å². The van der Waals surface area contributed by atoms with Crippen LogP contribution in [0.4, 0.5) is 4.79 Å². The van der Waals surface area contributed by atoms with Gasteiger partial charge in [-0.15, -0.1) is 0 Å². The summed E-state index contributed by atoms with van der Waals surface area (Å²) >= 11 is 0. The molecule has 0 saturated heterocycles. The quantitative estimate of drug-likeness (QED) is 0.616. The van der Waals surface area contributed by atoms with Gasteiger partial charge in [0.15, 0.2) is 11.5 Å². The van der Waals surface area contributed by atoms with Gasteiger partial charge in [-0.25, -0.2) is 9.59 Å². The molecule has 0 aliphatic heterocycles. The number of nitrogens with zero attached hydrogens (tertiary/aromatic N) is 1. The molecule has 6 heteroatoms. The second-order valence-corrected chi connectivity index (χ2v) is 4.15. The summed E-state index contributed by atoms with van der Waals surface area (Å²) in [6.07, 6.45) is 2.41. The molecule has 0 spiro atoms. The fourth-order valence-corrected chi connectivity index (χ4v) is 1.41. The summed E-state index contributed by atoms with van der Waals surface area (Å²) < 4.78 is 14.9. The summed E-state index contributed by atoms with van der Waals surface area (Å²) in [4.78, 5) is 24.2. The van der Waals surface area contributed by atoms with E-state index in [1.807, 2.05) is 6.92 Å². The lowest BCUT2D eigenvalue weighted by molar-refractivity contribution is -0.134. The molecular formula is C15H19NO5. The second kappa shape index (κ2) is 7.94. The SMILES string of the molecule is CCN(C)C(=O)Oc1ccc(/C=C/C(=O)OC)cc1OC. The first-order chi connectivity index (χ1) is 10.0. The van der Waals surface area contributed by atoms with Crippen molar-refractivity contribution >= 4 is 18.1 Å². The number of carbonyl (C=O) groups is 2. The zero-order valence-corrected chi connectivity index (χ0v) is 12.6. The van der Waals surface area contributed by atoms with E-state index in [1.165, 1.54) is 25.2 Å². The van der Waals surface area contributed by atoms with E-state index in [1.54, 1.807) is 31.3 Å². The van der Waals surface area contributed by atoms with Crippen LogP contribution in [0.15, 0.2) is 24.3 Å². The number of methoxy groups -OCH3 is 2. The molecule has 1 aromatic carbocycles. The van der Waals surface area contributed by atoms with Crippen molar-refractivity contribution in [3.63, 3.8) is 0 Å². The molecule has 21 heavy (non-hydrogen) atoms. The monoisotopic (exact) mass is 293 g/mol. The zero-order valence-electron chi connectivity index (χ0n) is 12.6. The second-order valence-electron chi connectivity index (χ2n) is 4.15. The van der Waals surface area contributed by atoms with Crippen LogP contribution in [-0.2, 0) is 9.53 Å². The molecule has 0 N–H and O–H groups in total. The first-order valence-electron chi connectivity index (χ1n) is 6.38. The van der Waals surface area contributed by atoms with Gasteiger partial charge in [0.2, 0.25) is 0 Å². The summed E-state index contributed by atoms with van der Waals surface area (Å²) in [6.45, 7) is 2.39. The van der Waals surface area contributed by atoms with Crippen molar-refractivity contribution in [1.29, 1.82) is 0 Å². The minimum absolute atomic E-state index is 0.318. The van der Waals surface area contributed by atoms with Crippen LogP contribution >= 0.6 is 0 Å². The largest absolute Gasteiger partial charge is 0.493 e. The van der Waals surface area contributed by atoms with Crippen LogP contribution in [0.3, 0.4) is 0 Å². The van der Waals surface area contributed by atoms with Gasteiger partial charge in [0, 0.05) is 19.7 Å². The number of hydrogen-bond acceptors (Lipinski definition) is 5. The Morgan fingerprint density at radius 2 is 1.95 bits per heavy atom. The average Bonchev–Trinajstić information content (AvgIpc) is 2.52. The maximum absolute atomic E-state index is 11.7. The minimum Gasteiger partial charge on any atom is -0.493 e. The van der Waals surface area contributed by atoms with E-state index in [9.17, 15) is 9.59 Å². The third-order valence-corrected chi connectivity index (χ3v) is 2.78. The summed E-state index contributed by atoms with van der Waals surface area (Å²) in [5, 5.41) is 0. The summed E-state index contributed by atoms with van der Waals surface area (Å²) in [5.74, 6) is 0.270. The van der Waals surface area contributed by atoms with Crippen LogP contribution in [0.5, 0.6) is 11.5 Å². The van der Waals surface area contributed by atoms with E-state index in [-0.39, 0.29) is 0 Å². The van der Waals surface area contributed by atoms with E-state index in [0.717, 1.165) is 5.56 Å². The van der Waals surface area contributed by atoms with Crippen LogP contribution in [0, 0.1) is 0 Å². The van der Waals surface area contributed by atoms with Crippen molar-refractivity contribution in [3.05, 3.63) is 29.8 Å². The van der Waals surface area contributed by atoms with Gasteiger partial charge in [0.25, 0.3) is 0 Å². The van der Waals surface area contributed by atoms with Gasteiger partial charge in [0.05, 0.1) is 14.2 Å². The van der Waals surface area contributed by atoms with Gasteiger partial charge in [-0.1, -0.05) is 6.07 Å². The van der Waals surface area contributed by atoms with Crippen LogP contribution in [0.1, 0.15) is 12.5 Å². The molecule has 0 heterocycles. The fourth-order valence-electron chi connectivity index (χ4n) is 1.41. The number of hydrogen-bond donors (Lipinski definition) is 0. The molecule has 1 rings (SSSR count). The lowest BCUT2D eigenvalue weighted by Crippen LogP contribution is -2.29. The molecule has 1 amide bonds. The summed E-state index contributed by atoms with van der Waals surface area (Å²) in [7, 11) is 4.42. The Bertz CT molecular complexity index is 539. The first-order valence-corrected chi connectivity index (χ1v) is 6.38. The Morgan fingerprint density at radius 1 is 1.24 bits per heavy atom. The molecule has 0 atom stereocenters. The molecule has 1 aromatic rings. The number of amides is 1. The van der Waals surface area contributed by atoms with Crippen molar-refractivity contribution in [2.45, 2.75) is 6.92 Å². The third kappa shape index (κ3) is 4.83. The predicted molar refractivity (Wildman–Crippen MR) is 78.4 cm³/mol. The molecule has 0 radical (unpaired) electrons. The lowest BCUT2D eigenvalue weighted by atomic mass is 10.2. The zero-order chi connectivity index (χ0) is 15.8. The minimum atomic E-state index is -0.464. The number of benzene rings is 1. The van der Waals surface area contributed by atoms with Crippen molar-refractivity contribution in [3.8, 4) is 11.5 Å². The van der Waals surface area contributed by atoms with Gasteiger partial charge in [-0.2, -0.15) is 0 Å². The number of carbonyl (C=O) groups excluding carboxylic acids is 2. The van der Waals surface area contributed by atoms with E-state index >= 15 is 0 Å². The van der Waals surface area contributed by atoms with Gasteiger partial charge in [0.1, 0.15) is 0 Å². The highest BCUT2D eigenvalue weighted by Crippen LogP contribution is 2.29. The summed E-state index contributed by atoms with van der Waals surface area (Å²) in [5.41, 5.74) is 0.723. The smallest absolute Gasteiger partial charge is 0.415 e. The fraction of sp³-hybridized carbons (Fsp3) is 0.333. The Balaban J connectivity index is 2.91. The Morgan fingerprint density at radius 3 is 2.52 bits per heavy atom. The van der Waals surface area contributed by atoms with E-state index in [0.29, 0.717) is 18.0 Å². The molecule has 0 aliphatic carbocycles. The van der Waals surface area contributed by atoms with Crippen LogP contribution in [0.25, 0.3) is 6.08 Å². The predicted octanol–water partition coefficient (Wildman–Crippen LogP) is 2.33. The molecule has 0 aromatic heterocycles. The molecule has 114 valence electrons. The number of ether oxygens (including phenoxy) is 3. The normalized spacial score (nSPS) is 10.3. The maximum atomic E-state index is 11.7. The van der Waals surface area contributed by atoms with Crippen molar-refractivity contribution in [2.75, 3.05) is 27.8 Å².